The van der Waals surface area contributed by atoms with Crippen molar-refractivity contribution in [3.63, 3.8) is 0 Å². The average molecular weight is 720 g/mol. The Bertz CT molecular complexity index is 800. The highest BCUT2D eigenvalue weighted by atomic mass is 79.9. The molecule has 0 radical (unpaired) electrons. The van der Waals surface area contributed by atoms with Gasteiger partial charge in [-0.05, 0) is 127 Å². The molecule has 0 aromatic carbocycles. The quantitative estimate of drug-likeness (QED) is 0.133. The van der Waals surface area contributed by atoms with Gasteiger partial charge in [0.15, 0.2) is 0 Å². The number of hydrogen-bond donors (Lipinski definition) is 3. The summed E-state index contributed by atoms with van der Waals surface area (Å²) in [6.07, 6.45) is 11.9. The first kappa shape index (κ1) is 43.2. The number of nitrogens with zero attached hydrogens (tertiary/aromatic N) is 5. The van der Waals surface area contributed by atoms with Crippen LogP contribution in [0.25, 0.3) is 0 Å². The molecule has 0 saturated carbocycles. The Kier molecular flexibility index (Phi) is 24.5. The van der Waals surface area contributed by atoms with Crippen LogP contribution in [0.2, 0.25) is 0 Å². The number of hydrogen-bond acceptors (Lipinski definition) is 10. The molecular weight excluding hydrogens is 648 g/mol. The number of oxime groups is 2. The van der Waals surface area contributed by atoms with Crippen molar-refractivity contribution in [2.45, 2.75) is 117 Å². The zero-order chi connectivity index (χ0) is 34.2. The van der Waals surface area contributed by atoms with Crippen molar-refractivity contribution in [2.75, 3.05) is 86.2 Å². The largest absolute Gasteiger partial charge is 0.393 e. The van der Waals surface area contributed by atoms with Crippen molar-refractivity contribution >= 4 is 26.3 Å². The summed E-state index contributed by atoms with van der Waals surface area (Å²) in [6.45, 7) is 20.1. The highest BCUT2D eigenvalue weighted by Crippen LogP contribution is 2.37. The van der Waals surface area contributed by atoms with Gasteiger partial charge < -0.3 is 39.9 Å². The van der Waals surface area contributed by atoms with Crippen LogP contribution in [0.4, 0.5) is 0 Å². The summed E-state index contributed by atoms with van der Waals surface area (Å²) in [6, 6.07) is 0. The van der Waals surface area contributed by atoms with Crippen LogP contribution in [0.5, 0.6) is 0 Å². The zero-order valence-electron chi connectivity index (χ0n) is 30.6. The Morgan fingerprint density at radius 2 is 1.33 bits per heavy atom. The van der Waals surface area contributed by atoms with Gasteiger partial charge in [-0.15, -0.1) is 0 Å². The molecule has 272 valence electrons. The standard InChI is InChI=1S/C20H39N3O2.C13H26BrN3O2.C2H6/c1-4-17(3)19(20(5-2)9-11-21-12-10-20)22-25-16-18(24)15-23-13-7-6-8-14-23;1-16(2)9-6-13(14)15-19-11-12(18)10-17-7-4-3-5-8-17;1-2/h17-18,21,24H,4-16H2,1-3H3;12,18H,3-11H2,1-2H3;1-2H3/b22-19+;15-13+;. The number of aliphatic hydroxyl groups excluding tert-OH is 2. The smallest absolute Gasteiger partial charge is 0.144 e. The van der Waals surface area contributed by atoms with E-state index in [1.165, 1.54) is 44.2 Å². The minimum atomic E-state index is -0.462. The molecule has 46 heavy (non-hydrogen) atoms. The third kappa shape index (κ3) is 18.1. The molecule has 0 amide bonds. The van der Waals surface area contributed by atoms with Crippen LogP contribution in [0.15, 0.2) is 10.3 Å². The molecule has 3 N–H and O–H groups in total. The van der Waals surface area contributed by atoms with E-state index < -0.39 is 12.2 Å². The Hall–Kier alpha value is -0.820. The van der Waals surface area contributed by atoms with Crippen molar-refractivity contribution in [3.05, 3.63) is 0 Å². The minimum absolute atomic E-state index is 0.165. The molecule has 3 saturated heterocycles. The third-order valence-electron chi connectivity index (χ3n) is 9.32. The number of rotatable bonds is 17. The monoisotopic (exact) mass is 718 g/mol. The lowest BCUT2D eigenvalue weighted by Gasteiger charge is -2.39. The maximum atomic E-state index is 10.3. The number of nitrogens with one attached hydrogen (secondary N) is 1. The molecular formula is C35H71BrN6O4. The molecule has 3 aliphatic heterocycles. The maximum Gasteiger partial charge on any atom is 0.144 e. The van der Waals surface area contributed by atoms with Gasteiger partial charge in [-0.2, -0.15) is 0 Å². The van der Waals surface area contributed by atoms with Gasteiger partial charge in [-0.1, -0.05) is 57.8 Å². The molecule has 10 nitrogen and oxygen atoms in total. The first-order chi connectivity index (χ1) is 22.2. The second-order valence-electron chi connectivity index (χ2n) is 13.3. The molecule has 3 atom stereocenters. The highest BCUT2D eigenvalue weighted by Gasteiger charge is 2.38. The van der Waals surface area contributed by atoms with Crippen LogP contribution in [0, 0.1) is 11.3 Å². The summed E-state index contributed by atoms with van der Waals surface area (Å²) < 4.78 is 0.784. The SMILES string of the molecule is CC.CCC(C)/C(=N\OCC(O)CN1CCCCC1)C1(CC)CCNCC1.CN(C)CC/C(Br)=N\OCC(O)CN1CCCCC1. The summed E-state index contributed by atoms with van der Waals surface area (Å²) in [7, 11) is 4.03. The summed E-state index contributed by atoms with van der Waals surface area (Å²) in [5, 5.41) is 32.2. The number of likely N-dealkylation sites (tertiary alicyclic amines) is 2. The van der Waals surface area contributed by atoms with Crippen molar-refractivity contribution in [3.8, 4) is 0 Å². The van der Waals surface area contributed by atoms with Crippen molar-refractivity contribution in [2.24, 2.45) is 21.6 Å². The minimum Gasteiger partial charge on any atom is -0.393 e. The van der Waals surface area contributed by atoms with Gasteiger partial charge in [-0.25, -0.2) is 0 Å². The fourth-order valence-electron chi connectivity index (χ4n) is 6.33. The second kappa shape index (κ2) is 26.1. The van der Waals surface area contributed by atoms with Gasteiger partial charge in [0.2, 0.25) is 0 Å². The predicted molar refractivity (Wildman–Crippen MR) is 197 cm³/mol. The van der Waals surface area contributed by atoms with E-state index in [2.05, 4.69) is 67.0 Å². The van der Waals surface area contributed by atoms with Crippen LogP contribution < -0.4 is 5.32 Å². The fourth-order valence-corrected chi connectivity index (χ4v) is 6.61. The first-order valence-corrected chi connectivity index (χ1v) is 19.2. The average Bonchev–Trinajstić information content (AvgIpc) is 3.08. The highest BCUT2D eigenvalue weighted by molar-refractivity contribution is 9.18. The summed E-state index contributed by atoms with van der Waals surface area (Å²) in [5.41, 5.74) is 1.38. The molecule has 0 aromatic rings. The molecule has 3 unspecified atom stereocenters. The number of aliphatic hydroxyl groups is 2. The topological polar surface area (TPSA) is 105 Å². The van der Waals surface area contributed by atoms with E-state index in [1.807, 2.05) is 27.9 Å². The van der Waals surface area contributed by atoms with Crippen LogP contribution in [0.1, 0.15) is 105 Å². The van der Waals surface area contributed by atoms with E-state index in [-0.39, 0.29) is 12.0 Å². The van der Waals surface area contributed by atoms with Gasteiger partial charge in [0, 0.05) is 31.5 Å². The Morgan fingerprint density at radius 3 is 1.76 bits per heavy atom. The van der Waals surface area contributed by atoms with Crippen molar-refractivity contribution < 1.29 is 19.9 Å². The Morgan fingerprint density at radius 1 is 0.848 bits per heavy atom. The Balaban J connectivity index is 0.000000452. The fraction of sp³-hybridized carbons (Fsp3) is 0.943. The van der Waals surface area contributed by atoms with E-state index >= 15 is 0 Å². The van der Waals surface area contributed by atoms with Gasteiger partial charge in [-0.3, -0.25) is 0 Å². The molecule has 0 aromatic heterocycles. The van der Waals surface area contributed by atoms with Crippen LogP contribution >= 0.6 is 15.9 Å². The van der Waals surface area contributed by atoms with Gasteiger partial charge >= 0.3 is 0 Å². The molecule has 0 aliphatic carbocycles. The van der Waals surface area contributed by atoms with Crippen LogP contribution in [-0.4, -0.2) is 134 Å². The number of piperidine rings is 3. The van der Waals surface area contributed by atoms with Gasteiger partial charge in [0.05, 0.1) is 5.71 Å². The molecule has 3 aliphatic rings. The van der Waals surface area contributed by atoms with Gasteiger partial charge in [0.25, 0.3) is 0 Å². The number of halogens is 1. The lowest BCUT2D eigenvalue weighted by Crippen LogP contribution is -2.44. The second-order valence-corrected chi connectivity index (χ2v) is 14.2. The molecule has 0 bridgehead atoms. The molecule has 11 heteroatoms. The maximum absolute atomic E-state index is 10.3. The molecule has 3 rings (SSSR count). The number of β-amino-alcohol motifs (C(OH)–C–C–N with tert-alkyl or cyclic N) is 2. The van der Waals surface area contributed by atoms with E-state index in [0.717, 1.165) is 82.5 Å². The van der Waals surface area contributed by atoms with E-state index in [4.69, 9.17) is 9.68 Å². The third-order valence-corrected chi connectivity index (χ3v) is 9.86. The van der Waals surface area contributed by atoms with E-state index in [0.29, 0.717) is 25.6 Å². The molecule has 3 heterocycles. The van der Waals surface area contributed by atoms with Crippen molar-refractivity contribution in [1.29, 1.82) is 0 Å². The molecule has 0 spiro atoms. The van der Waals surface area contributed by atoms with Crippen molar-refractivity contribution in [1.82, 2.24) is 20.0 Å². The van der Waals surface area contributed by atoms with Crippen LogP contribution in [0.3, 0.4) is 0 Å². The lowest BCUT2D eigenvalue weighted by molar-refractivity contribution is 0.0138. The first-order valence-electron chi connectivity index (χ1n) is 18.4. The molecule has 3 fully saturated rings. The summed E-state index contributed by atoms with van der Waals surface area (Å²) in [5.74, 6) is 0.428. The Labute approximate surface area is 290 Å². The normalized spacial score (nSPS) is 21.7. The predicted octanol–water partition coefficient (Wildman–Crippen LogP) is 5.57. The van der Waals surface area contributed by atoms with E-state index in [9.17, 15) is 10.2 Å². The van der Waals surface area contributed by atoms with Gasteiger partial charge in [0.1, 0.15) is 30.0 Å². The van der Waals surface area contributed by atoms with E-state index in [1.54, 1.807) is 0 Å². The lowest BCUT2D eigenvalue weighted by atomic mass is 9.69. The summed E-state index contributed by atoms with van der Waals surface area (Å²) >= 11 is 3.36. The van der Waals surface area contributed by atoms with Crippen LogP contribution in [-0.2, 0) is 9.68 Å². The zero-order valence-corrected chi connectivity index (χ0v) is 32.2. The summed E-state index contributed by atoms with van der Waals surface area (Å²) in [4.78, 5) is 17.6.